The number of aromatic nitrogens is 2. The van der Waals surface area contributed by atoms with Crippen LogP contribution in [0, 0.1) is 13.8 Å². The Morgan fingerprint density at radius 1 is 1.48 bits per heavy atom. The van der Waals surface area contributed by atoms with Crippen molar-refractivity contribution in [1.82, 2.24) is 19.4 Å². The van der Waals surface area contributed by atoms with E-state index in [-0.39, 0.29) is 18.5 Å². The Morgan fingerprint density at radius 3 is 2.76 bits per heavy atom. The zero-order valence-electron chi connectivity index (χ0n) is 12.7. The first kappa shape index (κ1) is 16.0. The zero-order chi connectivity index (χ0) is 15.6. The number of rotatable bonds is 4. The van der Waals surface area contributed by atoms with Gasteiger partial charge in [-0.15, -0.1) is 0 Å². The van der Waals surface area contributed by atoms with E-state index in [9.17, 15) is 13.2 Å². The van der Waals surface area contributed by atoms with Crippen LogP contribution >= 0.6 is 0 Å². The fourth-order valence-corrected chi connectivity index (χ4v) is 3.46. The van der Waals surface area contributed by atoms with E-state index in [1.165, 1.54) is 0 Å². The standard InChI is InChI=1S/C13H22N4O3S/c1-10-7-11(2)17(14-10)9-13(18)16-6-4-5-12(8-16)15-21(3,19)20/h7,12,15H,4-6,8-9H2,1-3H3/t12-/m0/s1. The van der Waals surface area contributed by atoms with E-state index < -0.39 is 10.0 Å². The molecule has 1 aliphatic heterocycles. The van der Waals surface area contributed by atoms with E-state index in [4.69, 9.17) is 0 Å². The second-order valence-electron chi connectivity index (χ2n) is 5.65. The molecule has 1 N–H and O–H groups in total. The van der Waals surface area contributed by atoms with Gasteiger partial charge in [0.15, 0.2) is 0 Å². The summed E-state index contributed by atoms with van der Waals surface area (Å²) < 4.78 is 26.8. The van der Waals surface area contributed by atoms with Crippen LogP contribution in [0.1, 0.15) is 24.2 Å². The predicted molar refractivity (Wildman–Crippen MR) is 79.3 cm³/mol. The Morgan fingerprint density at radius 2 is 2.19 bits per heavy atom. The molecule has 0 unspecified atom stereocenters. The van der Waals surface area contributed by atoms with Crippen LogP contribution in [-0.2, 0) is 21.4 Å². The molecule has 1 saturated heterocycles. The normalized spacial score (nSPS) is 19.8. The summed E-state index contributed by atoms with van der Waals surface area (Å²) in [5.41, 5.74) is 1.83. The van der Waals surface area contributed by atoms with E-state index in [0.717, 1.165) is 30.5 Å². The lowest BCUT2D eigenvalue weighted by molar-refractivity contribution is -0.133. The van der Waals surface area contributed by atoms with Crippen LogP contribution in [0.2, 0.25) is 0 Å². The summed E-state index contributed by atoms with van der Waals surface area (Å²) in [5, 5.41) is 4.28. The summed E-state index contributed by atoms with van der Waals surface area (Å²) in [6, 6.07) is 1.73. The van der Waals surface area contributed by atoms with Crippen molar-refractivity contribution in [2.75, 3.05) is 19.3 Å². The second-order valence-corrected chi connectivity index (χ2v) is 7.43. The van der Waals surface area contributed by atoms with Gasteiger partial charge >= 0.3 is 0 Å². The number of nitrogens with zero attached hydrogens (tertiary/aromatic N) is 3. The first-order chi connectivity index (χ1) is 9.74. The van der Waals surface area contributed by atoms with Crippen molar-refractivity contribution in [3.63, 3.8) is 0 Å². The number of nitrogens with one attached hydrogen (secondary N) is 1. The first-order valence-electron chi connectivity index (χ1n) is 7.01. The third kappa shape index (κ3) is 4.53. The van der Waals surface area contributed by atoms with Gasteiger partial charge in [0.25, 0.3) is 0 Å². The van der Waals surface area contributed by atoms with Gasteiger partial charge in [-0.05, 0) is 32.8 Å². The molecule has 1 amide bonds. The zero-order valence-corrected chi connectivity index (χ0v) is 13.5. The van der Waals surface area contributed by atoms with Gasteiger partial charge in [-0.25, -0.2) is 13.1 Å². The van der Waals surface area contributed by atoms with Gasteiger partial charge < -0.3 is 4.90 Å². The van der Waals surface area contributed by atoms with Gasteiger partial charge in [-0.1, -0.05) is 0 Å². The minimum absolute atomic E-state index is 0.0267. The van der Waals surface area contributed by atoms with Crippen LogP contribution in [-0.4, -0.2) is 54.4 Å². The molecule has 7 nitrogen and oxygen atoms in total. The van der Waals surface area contributed by atoms with Crippen molar-refractivity contribution >= 4 is 15.9 Å². The summed E-state index contributed by atoms with van der Waals surface area (Å²) in [4.78, 5) is 14.0. The van der Waals surface area contributed by atoms with E-state index in [2.05, 4.69) is 9.82 Å². The largest absolute Gasteiger partial charge is 0.339 e. The third-order valence-corrected chi connectivity index (χ3v) is 4.30. The number of carbonyl (C=O) groups excluding carboxylic acids is 1. The molecule has 0 aliphatic carbocycles. The van der Waals surface area contributed by atoms with Crippen molar-refractivity contribution in [2.45, 2.75) is 39.3 Å². The second kappa shape index (κ2) is 6.15. The Balaban J connectivity index is 1.97. The van der Waals surface area contributed by atoms with Gasteiger partial charge in [-0.3, -0.25) is 9.48 Å². The lowest BCUT2D eigenvalue weighted by atomic mass is 10.1. The average molecular weight is 314 g/mol. The van der Waals surface area contributed by atoms with Crippen LogP contribution in [0.5, 0.6) is 0 Å². The predicted octanol–water partition coefficient (Wildman–Crippen LogP) is 0.0401. The highest BCUT2D eigenvalue weighted by atomic mass is 32.2. The molecule has 2 heterocycles. The highest BCUT2D eigenvalue weighted by Crippen LogP contribution is 2.12. The molecule has 1 aliphatic rings. The summed E-state index contributed by atoms with van der Waals surface area (Å²) in [5.74, 6) is -0.0267. The summed E-state index contributed by atoms with van der Waals surface area (Å²) in [7, 11) is -3.24. The molecular formula is C13H22N4O3S. The van der Waals surface area contributed by atoms with E-state index in [1.54, 1.807) is 9.58 Å². The number of hydrogen-bond acceptors (Lipinski definition) is 4. The fourth-order valence-electron chi connectivity index (χ4n) is 2.67. The topological polar surface area (TPSA) is 84.3 Å². The Kier molecular flexibility index (Phi) is 4.67. The molecule has 21 heavy (non-hydrogen) atoms. The number of hydrogen-bond donors (Lipinski definition) is 1. The Bertz CT molecular complexity index is 623. The molecule has 118 valence electrons. The van der Waals surface area contributed by atoms with E-state index >= 15 is 0 Å². The first-order valence-corrected chi connectivity index (χ1v) is 8.90. The molecule has 1 atom stereocenters. The maximum absolute atomic E-state index is 12.3. The molecule has 0 bridgehead atoms. The summed E-state index contributed by atoms with van der Waals surface area (Å²) in [6.07, 6.45) is 2.70. The number of sulfonamides is 1. The molecule has 1 aromatic heterocycles. The average Bonchev–Trinajstić information content (AvgIpc) is 2.66. The highest BCUT2D eigenvalue weighted by Gasteiger charge is 2.25. The number of carbonyl (C=O) groups is 1. The van der Waals surface area contributed by atoms with Crippen LogP contribution in [0.3, 0.4) is 0 Å². The van der Waals surface area contributed by atoms with Crippen molar-refractivity contribution in [2.24, 2.45) is 0 Å². The highest BCUT2D eigenvalue weighted by molar-refractivity contribution is 7.88. The molecule has 1 aromatic rings. The maximum Gasteiger partial charge on any atom is 0.244 e. The number of aryl methyl sites for hydroxylation is 2. The van der Waals surface area contributed by atoms with Crippen LogP contribution in [0.15, 0.2) is 6.07 Å². The lowest BCUT2D eigenvalue weighted by Gasteiger charge is -2.32. The SMILES string of the molecule is Cc1cc(C)n(CC(=O)N2CCC[C@H](NS(C)(=O)=O)C2)n1. The van der Waals surface area contributed by atoms with Crippen molar-refractivity contribution in [3.8, 4) is 0 Å². The van der Waals surface area contributed by atoms with Crippen molar-refractivity contribution < 1.29 is 13.2 Å². The monoisotopic (exact) mass is 314 g/mol. The Labute approximate surface area is 125 Å². The number of likely N-dealkylation sites (tertiary alicyclic amines) is 1. The third-order valence-electron chi connectivity index (χ3n) is 3.54. The molecule has 8 heteroatoms. The van der Waals surface area contributed by atoms with Crippen molar-refractivity contribution in [1.29, 1.82) is 0 Å². The molecule has 2 rings (SSSR count). The van der Waals surface area contributed by atoms with Gasteiger partial charge in [0, 0.05) is 24.8 Å². The minimum Gasteiger partial charge on any atom is -0.339 e. The molecule has 0 aromatic carbocycles. The molecule has 0 radical (unpaired) electrons. The van der Waals surface area contributed by atoms with Crippen molar-refractivity contribution in [3.05, 3.63) is 17.5 Å². The quantitative estimate of drug-likeness (QED) is 0.850. The van der Waals surface area contributed by atoms with Gasteiger partial charge in [0.1, 0.15) is 6.54 Å². The summed E-state index contributed by atoms with van der Waals surface area (Å²) in [6.45, 7) is 5.09. The smallest absolute Gasteiger partial charge is 0.244 e. The molecule has 0 spiro atoms. The Hall–Kier alpha value is -1.41. The van der Waals surface area contributed by atoms with E-state index in [1.807, 2.05) is 19.9 Å². The fraction of sp³-hybridized carbons (Fsp3) is 0.692. The lowest BCUT2D eigenvalue weighted by Crippen LogP contribution is -2.50. The molecular weight excluding hydrogens is 292 g/mol. The van der Waals surface area contributed by atoms with Crippen LogP contribution in [0.25, 0.3) is 0 Å². The van der Waals surface area contributed by atoms with Crippen LogP contribution < -0.4 is 4.72 Å². The van der Waals surface area contributed by atoms with E-state index in [0.29, 0.717) is 13.1 Å². The van der Waals surface area contributed by atoms with Crippen LogP contribution in [0.4, 0.5) is 0 Å². The van der Waals surface area contributed by atoms with Gasteiger partial charge in [-0.2, -0.15) is 5.10 Å². The van der Waals surface area contributed by atoms with Gasteiger partial charge in [0.05, 0.1) is 11.9 Å². The molecule has 1 fully saturated rings. The number of amides is 1. The summed E-state index contributed by atoms with van der Waals surface area (Å²) >= 11 is 0. The molecule has 0 saturated carbocycles. The minimum atomic E-state index is -3.24. The van der Waals surface area contributed by atoms with Gasteiger partial charge in [0.2, 0.25) is 15.9 Å². The number of piperidine rings is 1. The maximum atomic E-state index is 12.3.